The average molecular weight is 360 g/mol. The van der Waals surface area contributed by atoms with Gasteiger partial charge in [-0.15, -0.1) is 0 Å². The molecule has 2 aliphatic carbocycles. The van der Waals surface area contributed by atoms with E-state index in [0.717, 1.165) is 19.4 Å². The Morgan fingerprint density at radius 2 is 1.81 bits per heavy atom. The first-order chi connectivity index (χ1) is 13.1. The fourth-order valence-electron chi connectivity index (χ4n) is 5.85. The summed E-state index contributed by atoms with van der Waals surface area (Å²) >= 11 is 0. The number of piperidine rings is 1. The van der Waals surface area contributed by atoms with Crippen molar-refractivity contribution in [3.63, 3.8) is 0 Å². The number of hydrogen-bond acceptors (Lipinski definition) is 3. The van der Waals surface area contributed by atoms with Gasteiger partial charge >= 0.3 is 0 Å². The highest BCUT2D eigenvalue weighted by atomic mass is 16.2. The number of fused-ring (bicyclic) bond motifs is 1. The van der Waals surface area contributed by atoms with E-state index in [4.69, 9.17) is 0 Å². The van der Waals surface area contributed by atoms with Gasteiger partial charge in [-0.05, 0) is 49.1 Å². The van der Waals surface area contributed by atoms with Crippen LogP contribution in [0.2, 0.25) is 0 Å². The Balaban J connectivity index is 1.65. The van der Waals surface area contributed by atoms with Gasteiger partial charge in [0.25, 0.3) is 5.91 Å². The maximum absolute atomic E-state index is 13.2. The summed E-state index contributed by atoms with van der Waals surface area (Å²) in [6.45, 7) is 0.884. The van der Waals surface area contributed by atoms with Crippen LogP contribution >= 0.6 is 0 Å². The van der Waals surface area contributed by atoms with Crippen molar-refractivity contribution in [2.75, 3.05) is 6.54 Å². The van der Waals surface area contributed by atoms with Crippen molar-refractivity contribution in [3.8, 4) is 0 Å². The van der Waals surface area contributed by atoms with Crippen molar-refractivity contribution in [3.05, 3.63) is 71.3 Å². The van der Waals surface area contributed by atoms with Gasteiger partial charge in [-0.3, -0.25) is 9.59 Å². The van der Waals surface area contributed by atoms with Crippen LogP contribution in [0.4, 0.5) is 0 Å². The van der Waals surface area contributed by atoms with Crippen molar-refractivity contribution in [2.24, 2.45) is 0 Å². The third kappa shape index (κ3) is 2.32. The molecule has 5 rings (SSSR count). The van der Waals surface area contributed by atoms with Gasteiger partial charge in [0.1, 0.15) is 5.78 Å². The Kier molecular flexibility index (Phi) is 3.73. The van der Waals surface area contributed by atoms with Crippen molar-refractivity contribution in [2.45, 2.75) is 49.1 Å². The molecule has 2 bridgehead atoms. The third-order valence-corrected chi connectivity index (χ3v) is 7.02. The van der Waals surface area contributed by atoms with Crippen LogP contribution in [-0.4, -0.2) is 29.8 Å². The molecule has 0 unspecified atom stereocenters. The van der Waals surface area contributed by atoms with E-state index in [-0.39, 0.29) is 17.4 Å². The van der Waals surface area contributed by atoms with Crippen molar-refractivity contribution in [1.29, 1.82) is 0 Å². The zero-order chi connectivity index (χ0) is 18.5. The Morgan fingerprint density at radius 3 is 2.67 bits per heavy atom. The first-order valence-electron chi connectivity index (χ1n) is 9.86. The lowest BCUT2D eigenvalue weighted by Crippen LogP contribution is -2.78. The molecule has 0 spiro atoms. The number of carbonyl (C=O) groups is 2. The van der Waals surface area contributed by atoms with Crippen LogP contribution in [0.15, 0.2) is 54.6 Å². The van der Waals surface area contributed by atoms with Crippen molar-refractivity contribution in [1.82, 2.24) is 10.6 Å². The predicted molar refractivity (Wildman–Crippen MR) is 104 cm³/mol. The van der Waals surface area contributed by atoms with Crippen LogP contribution in [0, 0.1) is 0 Å². The molecule has 138 valence electrons. The summed E-state index contributed by atoms with van der Waals surface area (Å²) in [5, 5.41) is 7.12. The monoisotopic (exact) mass is 360 g/mol. The number of hydrogen-bond donors (Lipinski definition) is 2. The number of amides is 1. The van der Waals surface area contributed by atoms with Gasteiger partial charge in [0.05, 0.1) is 5.54 Å². The Hall–Kier alpha value is -2.46. The van der Waals surface area contributed by atoms with E-state index in [2.05, 4.69) is 34.9 Å². The van der Waals surface area contributed by atoms with Gasteiger partial charge in [0.15, 0.2) is 0 Å². The van der Waals surface area contributed by atoms with Crippen LogP contribution in [0.5, 0.6) is 0 Å². The van der Waals surface area contributed by atoms with Crippen LogP contribution in [0.3, 0.4) is 0 Å². The van der Waals surface area contributed by atoms with Crippen molar-refractivity contribution >= 4 is 11.7 Å². The quantitative estimate of drug-likeness (QED) is 0.866. The second kappa shape index (κ2) is 6.03. The molecule has 1 heterocycles. The van der Waals surface area contributed by atoms with E-state index in [9.17, 15) is 9.59 Å². The summed E-state index contributed by atoms with van der Waals surface area (Å²) in [5.41, 5.74) is 2.53. The van der Waals surface area contributed by atoms with Gasteiger partial charge < -0.3 is 10.6 Å². The van der Waals surface area contributed by atoms with Gasteiger partial charge in [-0.1, -0.05) is 42.5 Å². The Morgan fingerprint density at radius 1 is 1.04 bits per heavy atom. The topological polar surface area (TPSA) is 58.2 Å². The summed E-state index contributed by atoms with van der Waals surface area (Å²) in [5.74, 6) is 0.277. The lowest BCUT2D eigenvalue weighted by Gasteiger charge is -2.63. The molecule has 0 radical (unpaired) electrons. The smallest absolute Gasteiger partial charge is 0.251 e. The molecule has 1 saturated carbocycles. The fourth-order valence-corrected chi connectivity index (χ4v) is 5.85. The molecule has 3 atom stereocenters. The predicted octanol–water partition coefficient (Wildman–Crippen LogP) is 2.76. The largest absolute Gasteiger partial charge is 0.344 e. The normalized spacial score (nSPS) is 31.6. The summed E-state index contributed by atoms with van der Waals surface area (Å²) in [4.78, 5) is 25.7. The van der Waals surface area contributed by atoms with Gasteiger partial charge in [0, 0.05) is 29.9 Å². The van der Waals surface area contributed by atoms with E-state index < -0.39 is 5.54 Å². The zero-order valence-corrected chi connectivity index (χ0v) is 15.3. The first-order valence-corrected chi connectivity index (χ1v) is 9.86. The maximum Gasteiger partial charge on any atom is 0.251 e. The van der Waals surface area contributed by atoms with Gasteiger partial charge in [0.2, 0.25) is 0 Å². The average Bonchev–Trinajstić information content (AvgIpc) is 2.69. The lowest BCUT2D eigenvalue weighted by atomic mass is 9.48. The van der Waals surface area contributed by atoms with E-state index in [0.29, 0.717) is 30.6 Å². The maximum atomic E-state index is 13.2. The molecule has 1 aliphatic heterocycles. The highest BCUT2D eigenvalue weighted by Crippen LogP contribution is 2.55. The minimum absolute atomic E-state index is 0.0394. The van der Waals surface area contributed by atoms with E-state index in [1.54, 1.807) is 0 Å². The fraction of sp³-hybridized carbons (Fsp3) is 0.391. The number of nitrogens with one attached hydrogen (secondary N) is 2. The minimum atomic E-state index is -0.416. The number of rotatable bonds is 2. The number of ketones is 1. The molecule has 2 aromatic rings. The molecule has 1 saturated heterocycles. The number of benzene rings is 2. The molecule has 3 aliphatic rings. The SMILES string of the molecule is O=C1CC[C@@]2(NC(=O)c3ccccc3)[C@H]3Cc4ccccc4[C@@]2(CCN3)C1. The highest BCUT2D eigenvalue weighted by Gasteiger charge is 2.64. The highest BCUT2D eigenvalue weighted by molar-refractivity contribution is 5.95. The molecule has 1 amide bonds. The first kappa shape index (κ1) is 16.7. The van der Waals surface area contributed by atoms with Crippen LogP contribution in [0.25, 0.3) is 0 Å². The molecule has 4 heteroatoms. The molecule has 27 heavy (non-hydrogen) atoms. The number of Topliss-reactive ketones (excluding diaryl/α,β-unsaturated/α-hetero) is 1. The minimum Gasteiger partial charge on any atom is -0.344 e. The summed E-state index contributed by atoms with van der Waals surface area (Å²) < 4.78 is 0. The zero-order valence-electron chi connectivity index (χ0n) is 15.3. The molecule has 2 aromatic carbocycles. The second-order valence-electron chi connectivity index (χ2n) is 8.21. The number of carbonyl (C=O) groups excluding carboxylic acids is 2. The third-order valence-electron chi connectivity index (χ3n) is 7.02. The summed E-state index contributed by atoms with van der Waals surface area (Å²) in [7, 11) is 0. The van der Waals surface area contributed by atoms with Crippen LogP contribution in [0.1, 0.15) is 47.2 Å². The Labute approximate surface area is 159 Å². The van der Waals surface area contributed by atoms with Gasteiger partial charge in [-0.25, -0.2) is 0 Å². The molecule has 0 aromatic heterocycles. The van der Waals surface area contributed by atoms with Gasteiger partial charge in [-0.2, -0.15) is 0 Å². The van der Waals surface area contributed by atoms with Crippen LogP contribution < -0.4 is 10.6 Å². The van der Waals surface area contributed by atoms with Crippen LogP contribution in [-0.2, 0) is 16.6 Å². The second-order valence-corrected chi connectivity index (χ2v) is 8.21. The van der Waals surface area contributed by atoms with Crippen molar-refractivity contribution < 1.29 is 9.59 Å². The summed E-state index contributed by atoms with van der Waals surface area (Å²) in [6.07, 6.45) is 3.54. The van der Waals surface area contributed by atoms with E-state index in [1.807, 2.05) is 30.3 Å². The molecule has 4 nitrogen and oxygen atoms in total. The lowest BCUT2D eigenvalue weighted by molar-refractivity contribution is -0.127. The Bertz CT molecular complexity index is 910. The molecular formula is C23H24N2O2. The molecular weight excluding hydrogens is 336 g/mol. The molecule has 2 fully saturated rings. The molecule has 2 N–H and O–H groups in total. The van der Waals surface area contributed by atoms with E-state index in [1.165, 1.54) is 11.1 Å². The standard InChI is InChI=1S/C23H24N2O2/c26-18-10-11-23(25-21(27)16-6-2-1-3-7-16)20-14-17-8-4-5-9-19(17)22(23,15-18)12-13-24-20/h1-9,20,24H,10-15H2,(H,25,27)/t20-,22-,23-/m1/s1. The summed E-state index contributed by atoms with van der Waals surface area (Å²) in [6, 6.07) is 18.1. The van der Waals surface area contributed by atoms with E-state index >= 15 is 0 Å².